The van der Waals surface area contributed by atoms with Crippen LogP contribution in [0.3, 0.4) is 0 Å². The predicted octanol–water partition coefficient (Wildman–Crippen LogP) is 2.45. The van der Waals surface area contributed by atoms with E-state index in [0.717, 1.165) is 25.1 Å². The molecule has 0 aromatic heterocycles. The van der Waals surface area contributed by atoms with Crippen molar-refractivity contribution in [3.63, 3.8) is 0 Å². The second-order valence-corrected chi connectivity index (χ2v) is 5.20. The van der Waals surface area contributed by atoms with Crippen LogP contribution in [0.2, 0.25) is 10.0 Å². The van der Waals surface area contributed by atoms with Crippen LogP contribution in [-0.4, -0.2) is 38.0 Å². The first-order valence-electron chi connectivity index (χ1n) is 6.82. The molecule has 0 aliphatic carbocycles. The number of aliphatic hydroxyl groups is 1. The Morgan fingerprint density at radius 1 is 1.10 bits per heavy atom. The lowest BCUT2D eigenvalue weighted by molar-refractivity contribution is 0.292. The minimum atomic E-state index is 0.157. The van der Waals surface area contributed by atoms with Gasteiger partial charge in [-0.05, 0) is 24.1 Å². The Labute approximate surface area is 130 Å². The average Bonchev–Trinajstić information content (AvgIpc) is 2.42. The van der Waals surface area contributed by atoms with E-state index in [2.05, 4.69) is 10.6 Å². The maximum atomic E-state index is 8.63. The molecule has 6 heteroatoms. The highest BCUT2D eigenvalue weighted by molar-refractivity contribution is 6.37. The highest BCUT2D eigenvalue weighted by Crippen LogP contribution is 2.34. The summed E-state index contributed by atoms with van der Waals surface area (Å²) < 4.78 is 5.52. The second kappa shape index (κ2) is 10.2. The van der Waals surface area contributed by atoms with Crippen LogP contribution in [0.25, 0.3) is 0 Å². The quantitative estimate of drug-likeness (QED) is 0.580. The number of halogens is 2. The fourth-order valence-corrected chi connectivity index (χ4v) is 2.31. The Hall–Kier alpha value is -0.520. The predicted molar refractivity (Wildman–Crippen MR) is 83.9 cm³/mol. The van der Waals surface area contributed by atoms with Crippen molar-refractivity contribution in [1.29, 1.82) is 0 Å². The summed E-state index contributed by atoms with van der Waals surface area (Å²) in [4.78, 5) is 0. The lowest BCUT2D eigenvalue weighted by Gasteiger charge is -2.12. The highest BCUT2D eigenvalue weighted by atomic mass is 35.5. The molecule has 0 atom stereocenters. The summed E-state index contributed by atoms with van der Waals surface area (Å²) in [6, 6.07) is 3.74. The standard InChI is InChI=1S/C14H22Cl2N2O2/c1-2-7-20-14-12(15)8-11(9-13(14)16)10-18-4-3-17-5-6-19/h8-9,17-19H,2-7,10H2,1H3. The summed E-state index contributed by atoms with van der Waals surface area (Å²) in [6.45, 7) is 5.71. The minimum absolute atomic E-state index is 0.157. The van der Waals surface area contributed by atoms with Crippen molar-refractivity contribution in [2.45, 2.75) is 19.9 Å². The number of aliphatic hydroxyl groups excluding tert-OH is 1. The summed E-state index contributed by atoms with van der Waals surface area (Å²) in [5.74, 6) is 0.559. The molecular formula is C14H22Cl2N2O2. The molecule has 114 valence electrons. The van der Waals surface area contributed by atoms with E-state index in [9.17, 15) is 0 Å². The number of benzene rings is 1. The minimum Gasteiger partial charge on any atom is -0.490 e. The lowest BCUT2D eigenvalue weighted by atomic mass is 10.2. The second-order valence-electron chi connectivity index (χ2n) is 4.39. The summed E-state index contributed by atoms with van der Waals surface area (Å²) in [6.07, 6.45) is 0.913. The molecule has 0 fully saturated rings. The van der Waals surface area contributed by atoms with Gasteiger partial charge in [0, 0.05) is 26.2 Å². The summed E-state index contributed by atoms with van der Waals surface area (Å²) in [5, 5.41) is 16.1. The third kappa shape index (κ3) is 6.29. The Balaban J connectivity index is 2.43. The molecule has 3 N–H and O–H groups in total. The molecule has 4 nitrogen and oxygen atoms in total. The van der Waals surface area contributed by atoms with Gasteiger partial charge in [-0.15, -0.1) is 0 Å². The van der Waals surface area contributed by atoms with E-state index < -0.39 is 0 Å². The molecule has 0 radical (unpaired) electrons. The van der Waals surface area contributed by atoms with Crippen LogP contribution in [-0.2, 0) is 6.54 Å². The zero-order chi connectivity index (χ0) is 14.8. The smallest absolute Gasteiger partial charge is 0.156 e. The SMILES string of the molecule is CCCOc1c(Cl)cc(CNCCNCCO)cc1Cl. The summed E-state index contributed by atoms with van der Waals surface area (Å²) in [7, 11) is 0. The topological polar surface area (TPSA) is 53.5 Å². The van der Waals surface area contributed by atoms with Gasteiger partial charge in [-0.25, -0.2) is 0 Å². The monoisotopic (exact) mass is 320 g/mol. The van der Waals surface area contributed by atoms with Crippen molar-refractivity contribution in [3.05, 3.63) is 27.7 Å². The van der Waals surface area contributed by atoms with Crippen molar-refractivity contribution in [3.8, 4) is 5.75 Å². The first-order valence-corrected chi connectivity index (χ1v) is 7.57. The van der Waals surface area contributed by atoms with Gasteiger partial charge in [0.2, 0.25) is 0 Å². The van der Waals surface area contributed by atoms with Gasteiger partial charge in [-0.1, -0.05) is 30.1 Å². The molecule has 1 aromatic carbocycles. The van der Waals surface area contributed by atoms with Crippen molar-refractivity contribution in [1.82, 2.24) is 10.6 Å². The maximum absolute atomic E-state index is 8.63. The molecule has 0 aliphatic heterocycles. The van der Waals surface area contributed by atoms with Gasteiger partial charge in [-0.3, -0.25) is 0 Å². The molecular weight excluding hydrogens is 299 g/mol. The number of nitrogens with one attached hydrogen (secondary N) is 2. The lowest BCUT2D eigenvalue weighted by Crippen LogP contribution is -2.28. The van der Waals surface area contributed by atoms with E-state index in [4.69, 9.17) is 33.0 Å². The van der Waals surface area contributed by atoms with Gasteiger partial charge < -0.3 is 20.5 Å². The fourth-order valence-electron chi connectivity index (χ4n) is 1.67. The van der Waals surface area contributed by atoms with E-state index in [1.165, 1.54) is 0 Å². The largest absolute Gasteiger partial charge is 0.490 e. The summed E-state index contributed by atoms with van der Waals surface area (Å²) in [5.41, 5.74) is 1.02. The van der Waals surface area contributed by atoms with Crippen LogP contribution >= 0.6 is 23.2 Å². The first-order chi connectivity index (χ1) is 9.69. The average molecular weight is 321 g/mol. The molecule has 0 saturated heterocycles. The van der Waals surface area contributed by atoms with Crippen molar-refractivity contribution in [2.75, 3.05) is 32.8 Å². The van der Waals surface area contributed by atoms with Gasteiger partial charge in [-0.2, -0.15) is 0 Å². The van der Waals surface area contributed by atoms with Crippen LogP contribution in [0.15, 0.2) is 12.1 Å². The van der Waals surface area contributed by atoms with Crippen LogP contribution in [0, 0.1) is 0 Å². The van der Waals surface area contributed by atoms with Crippen LogP contribution in [0.5, 0.6) is 5.75 Å². The summed E-state index contributed by atoms with van der Waals surface area (Å²) >= 11 is 12.3. The van der Waals surface area contributed by atoms with Crippen molar-refractivity contribution >= 4 is 23.2 Å². The molecule has 0 spiro atoms. The van der Waals surface area contributed by atoms with Gasteiger partial charge in [0.05, 0.1) is 23.3 Å². The van der Waals surface area contributed by atoms with Crippen LogP contribution in [0.4, 0.5) is 0 Å². The number of hydrogen-bond acceptors (Lipinski definition) is 4. The molecule has 0 saturated carbocycles. The number of ether oxygens (including phenoxy) is 1. The van der Waals surface area contributed by atoms with E-state index in [1.807, 2.05) is 19.1 Å². The zero-order valence-electron chi connectivity index (χ0n) is 11.7. The third-order valence-electron chi connectivity index (χ3n) is 2.60. The first kappa shape index (κ1) is 17.5. The van der Waals surface area contributed by atoms with Crippen LogP contribution < -0.4 is 15.4 Å². The van der Waals surface area contributed by atoms with Gasteiger partial charge in [0.25, 0.3) is 0 Å². The van der Waals surface area contributed by atoms with Crippen LogP contribution in [0.1, 0.15) is 18.9 Å². The molecule has 20 heavy (non-hydrogen) atoms. The molecule has 0 unspecified atom stereocenters. The van der Waals surface area contributed by atoms with E-state index >= 15 is 0 Å². The third-order valence-corrected chi connectivity index (χ3v) is 3.17. The van der Waals surface area contributed by atoms with Crippen molar-refractivity contribution < 1.29 is 9.84 Å². The molecule has 1 rings (SSSR count). The Morgan fingerprint density at radius 2 is 1.75 bits per heavy atom. The number of rotatable bonds is 10. The fraction of sp³-hybridized carbons (Fsp3) is 0.571. The van der Waals surface area contributed by atoms with Gasteiger partial charge in [0.15, 0.2) is 5.75 Å². The number of hydrogen-bond donors (Lipinski definition) is 3. The molecule has 0 bridgehead atoms. The molecule has 0 aliphatic rings. The normalized spacial score (nSPS) is 10.8. The Kier molecular flexibility index (Phi) is 8.98. The highest BCUT2D eigenvalue weighted by Gasteiger charge is 2.09. The molecule has 0 amide bonds. The maximum Gasteiger partial charge on any atom is 0.156 e. The molecule has 1 aromatic rings. The van der Waals surface area contributed by atoms with Gasteiger partial charge >= 0.3 is 0 Å². The van der Waals surface area contributed by atoms with E-state index in [1.54, 1.807) is 0 Å². The van der Waals surface area contributed by atoms with E-state index in [0.29, 0.717) is 35.5 Å². The zero-order valence-corrected chi connectivity index (χ0v) is 13.2. The van der Waals surface area contributed by atoms with E-state index in [-0.39, 0.29) is 6.61 Å². The Bertz CT molecular complexity index is 380. The van der Waals surface area contributed by atoms with Gasteiger partial charge in [0.1, 0.15) is 0 Å². The van der Waals surface area contributed by atoms with Crippen molar-refractivity contribution in [2.24, 2.45) is 0 Å². The molecule has 0 heterocycles. The Morgan fingerprint density at radius 3 is 2.35 bits per heavy atom.